The minimum atomic E-state index is -2.59. The summed E-state index contributed by atoms with van der Waals surface area (Å²) in [4.78, 5) is 1.72. The molecular formula is C13H16BrF2NO2. The number of nitrogens with zero attached hydrogens (tertiary/aromatic N) is 1. The van der Waals surface area contributed by atoms with Crippen molar-refractivity contribution < 1.29 is 18.3 Å². The molecule has 0 saturated carbocycles. The lowest BCUT2D eigenvalue weighted by molar-refractivity contribution is 0.0114. The molecule has 1 aromatic rings. The third-order valence-electron chi connectivity index (χ3n) is 3.20. The molecule has 0 aromatic heterocycles. The van der Waals surface area contributed by atoms with Crippen molar-refractivity contribution in [3.05, 3.63) is 22.2 Å². The standard InChI is InChI=1S/C13H16BrF2NO2/c1-18-11-5-9(14)6-12(19-2)10(11)7-17-4-3-13(15,16)8-17/h5-6H,3-4,7-8H2,1-2H3. The molecule has 0 aliphatic carbocycles. The Bertz CT molecular complexity index is 443. The summed E-state index contributed by atoms with van der Waals surface area (Å²) in [6.07, 6.45) is -0.0891. The van der Waals surface area contributed by atoms with E-state index in [0.717, 1.165) is 10.0 Å². The molecule has 0 amide bonds. The maximum Gasteiger partial charge on any atom is 0.261 e. The van der Waals surface area contributed by atoms with E-state index < -0.39 is 5.92 Å². The van der Waals surface area contributed by atoms with E-state index in [0.29, 0.717) is 24.6 Å². The topological polar surface area (TPSA) is 21.7 Å². The molecule has 1 saturated heterocycles. The van der Waals surface area contributed by atoms with Crippen molar-refractivity contribution in [1.82, 2.24) is 4.90 Å². The third-order valence-corrected chi connectivity index (χ3v) is 3.66. The van der Waals surface area contributed by atoms with Crippen molar-refractivity contribution in [3.8, 4) is 11.5 Å². The quantitative estimate of drug-likeness (QED) is 0.842. The molecule has 19 heavy (non-hydrogen) atoms. The number of benzene rings is 1. The fourth-order valence-corrected chi connectivity index (χ4v) is 2.69. The number of ether oxygens (including phenoxy) is 2. The molecule has 6 heteroatoms. The third kappa shape index (κ3) is 3.36. The highest BCUT2D eigenvalue weighted by atomic mass is 79.9. The Morgan fingerprint density at radius 3 is 2.26 bits per heavy atom. The highest BCUT2D eigenvalue weighted by molar-refractivity contribution is 9.10. The van der Waals surface area contributed by atoms with Crippen LogP contribution < -0.4 is 9.47 Å². The van der Waals surface area contributed by atoms with Gasteiger partial charge in [-0.25, -0.2) is 8.78 Å². The lowest BCUT2D eigenvalue weighted by Gasteiger charge is -2.20. The molecule has 3 nitrogen and oxygen atoms in total. The van der Waals surface area contributed by atoms with Gasteiger partial charge in [-0.3, -0.25) is 4.90 Å². The Balaban J connectivity index is 2.24. The summed E-state index contributed by atoms with van der Waals surface area (Å²) in [6.45, 7) is 0.569. The zero-order chi connectivity index (χ0) is 14.0. The van der Waals surface area contributed by atoms with Gasteiger partial charge in [-0.1, -0.05) is 15.9 Å². The highest BCUT2D eigenvalue weighted by Crippen LogP contribution is 2.36. The van der Waals surface area contributed by atoms with Crippen LogP contribution in [0.1, 0.15) is 12.0 Å². The Kier molecular flexibility index (Phi) is 4.30. The second-order valence-electron chi connectivity index (χ2n) is 4.61. The molecule has 0 N–H and O–H groups in total. The summed E-state index contributed by atoms with van der Waals surface area (Å²) >= 11 is 3.37. The maximum absolute atomic E-state index is 13.2. The zero-order valence-corrected chi connectivity index (χ0v) is 12.5. The first kappa shape index (κ1) is 14.5. The van der Waals surface area contributed by atoms with Gasteiger partial charge in [0.25, 0.3) is 5.92 Å². The number of likely N-dealkylation sites (tertiary alicyclic amines) is 1. The SMILES string of the molecule is COc1cc(Br)cc(OC)c1CN1CCC(F)(F)C1. The van der Waals surface area contributed by atoms with Crippen LogP contribution in [-0.2, 0) is 6.54 Å². The maximum atomic E-state index is 13.2. The van der Waals surface area contributed by atoms with Crippen molar-refractivity contribution in [2.24, 2.45) is 0 Å². The van der Waals surface area contributed by atoms with E-state index in [-0.39, 0.29) is 13.0 Å². The molecule has 1 fully saturated rings. The molecule has 0 bridgehead atoms. The summed E-state index contributed by atoms with van der Waals surface area (Å²) in [5, 5.41) is 0. The number of rotatable bonds is 4. The van der Waals surface area contributed by atoms with Crippen LogP contribution in [-0.4, -0.2) is 38.1 Å². The number of methoxy groups -OCH3 is 2. The summed E-state index contributed by atoms with van der Waals surface area (Å²) in [5.41, 5.74) is 0.797. The molecule has 106 valence electrons. The van der Waals surface area contributed by atoms with Crippen LogP contribution in [0.3, 0.4) is 0 Å². The van der Waals surface area contributed by atoms with Crippen LogP contribution >= 0.6 is 15.9 Å². The van der Waals surface area contributed by atoms with E-state index >= 15 is 0 Å². The van der Waals surface area contributed by atoms with Crippen LogP contribution in [0.25, 0.3) is 0 Å². The first-order chi connectivity index (χ1) is 8.95. The molecule has 2 rings (SSSR count). The number of hydrogen-bond donors (Lipinski definition) is 0. The van der Waals surface area contributed by atoms with Crippen LogP contribution in [0.2, 0.25) is 0 Å². The molecule has 0 unspecified atom stereocenters. The van der Waals surface area contributed by atoms with Crippen molar-refractivity contribution >= 4 is 15.9 Å². The molecular weight excluding hydrogens is 320 g/mol. The normalized spacial score (nSPS) is 18.6. The van der Waals surface area contributed by atoms with Crippen LogP contribution in [0, 0.1) is 0 Å². The minimum Gasteiger partial charge on any atom is -0.496 e. The predicted octanol–water partition coefficient (Wildman–Crippen LogP) is 3.31. The molecule has 1 aliphatic rings. The minimum absolute atomic E-state index is 0.0891. The number of alkyl halides is 2. The van der Waals surface area contributed by atoms with E-state index in [1.807, 2.05) is 12.1 Å². The second kappa shape index (κ2) is 5.63. The van der Waals surface area contributed by atoms with E-state index in [1.54, 1.807) is 19.1 Å². The lowest BCUT2D eigenvalue weighted by atomic mass is 10.1. The Labute approximate surface area is 119 Å². The van der Waals surface area contributed by atoms with Gasteiger partial charge in [0.2, 0.25) is 0 Å². The molecule has 0 atom stereocenters. The zero-order valence-electron chi connectivity index (χ0n) is 10.9. The Morgan fingerprint density at radius 2 is 1.84 bits per heavy atom. The summed E-state index contributed by atoms with van der Waals surface area (Å²) < 4.78 is 37.9. The van der Waals surface area contributed by atoms with E-state index in [2.05, 4.69) is 15.9 Å². The van der Waals surface area contributed by atoms with Crippen LogP contribution in [0.15, 0.2) is 16.6 Å². The van der Waals surface area contributed by atoms with Gasteiger partial charge in [-0.15, -0.1) is 0 Å². The summed E-state index contributed by atoms with van der Waals surface area (Å²) in [7, 11) is 3.12. The molecule has 0 spiro atoms. The first-order valence-electron chi connectivity index (χ1n) is 5.96. The predicted molar refractivity (Wildman–Crippen MR) is 72.1 cm³/mol. The lowest BCUT2D eigenvalue weighted by Crippen LogP contribution is -2.25. The smallest absolute Gasteiger partial charge is 0.261 e. The van der Waals surface area contributed by atoms with Crippen LogP contribution in [0.5, 0.6) is 11.5 Å². The second-order valence-corrected chi connectivity index (χ2v) is 5.52. The van der Waals surface area contributed by atoms with Gasteiger partial charge in [-0.05, 0) is 12.1 Å². The van der Waals surface area contributed by atoms with Crippen molar-refractivity contribution in [2.75, 3.05) is 27.3 Å². The molecule has 1 heterocycles. The van der Waals surface area contributed by atoms with Gasteiger partial charge in [0.15, 0.2) is 0 Å². The van der Waals surface area contributed by atoms with Gasteiger partial charge in [-0.2, -0.15) is 0 Å². The van der Waals surface area contributed by atoms with Gasteiger partial charge in [0.1, 0.15) is 11.5 Å². The first-order valence-corrected chi connectivity index (χ1v) is 6.75. The van der Waals surface area contributed by atoms with E-state index in [1.165, 1.54) is 0 Å². The van der Waals surface area contributed by atoms with Gasteiger partial charge in [0, 0.05) is 24.0 Å². The molecule has 0 radical (unpaired) electrons. The Morgan fingerprint density at radius 1 is 1.26 bits per heavy atom. The monoisotopic (exact) mass is 335 g/mol. The van der Waals surface area contributed by atoms with E-state index in [9.17, 15) is 8.78 Å². The van der Waals surface area contributed by atoms with Crippen molar-refractivity contribution in [3.63, 3.8) is 0 Å². The fraction of sp³-hybridized carbons (Fsp3) is 0.538. The highest BCUT2D eigenvalue weighted by Gasteiger charge is 2.38. The summed E-state index contributed by atoms with van der Waals surface area (Å²) in [6, 6.07) is 3.62. The average molecular weight is 336 g/mol. The molecule has 1 aromatic carbocycles. The summed E-state index contributed by atoms with van der Waals surface area (Å²) in [5.74, 6) is -1.31. The Hall–Kier alpha value is -0.880. The fourth-order valence-electron chi connectivity index (χ4n) is 2.27. The van der Waals surface area contributed by atoms with E-state index in [4.69, 9.17) is 9.47 Å². The van der Waals surface area contributed by atoms with Crippen LogP contribution in [0.4, 0.5) is 8.78 Å². The molecule has 1 aliphatic heterocycles. The van der Waals surface area contributed by atoms with Gasteiger partial charge in [0.05, 0.1) is 26.3 Å². The van der Waals surface area contributed by atoms with Gasteiger partial charge >= 0.3 is 0 Å². The number of halogens is 3. The van der Waals surface area contributed by atoms with Crippen molar-refractivity contribution in [1.29, 1.82) is 0 Å². The van der Waals surface area contributed by atoms with Gasteiger partial charge < -0.3 is 9.47 Å². The largest absolute Gasteiger partial charge is 0.496 e. The number of hydrogen-bond acceptors (Lipinski definition) is 3. The average Bonchev–Trinajstić information content (AvgIpc) is 2.70. The van der Waals surface area contributed by atoms with Crippen molar-refractivity contribution in [2.45, 2.75) is 18.9 Å².